The van der Waals surface area contributed by atoms with E-state index in [-0.39, 0.29) is 17.7 Å². The number of Topliss-reactive ketones (excluding diaryl/α,β-unsaturated/α-hetero) is 1. The number of pyridine rings is 1. The molecule has 4 nitrogen and oxygen atoms in total. The zero-order valence-electron chi connectivity index (χ0n) is 9.78. The molecule has 0 aliphatic heterocycles. The lowest BCUT2D eigenvalue weighted by atomic mass is 10.1. The van der Waals surface area contributed by atoms with E-state index >= 15 is 0 Å². The molecule has 16 heavy (non-hydrogen) atoms. The number of hydrogen-bond donors (Lipinski definition) is 1. The predicted molar refractivity (Wildman–Crippen MR) is 61.2 cm³/mol. The Morgan fingerprint density at radius 1 is 1.44 bits per heavy atom. The zero-order chi connectivity index (χ0) is 12.1. The third-order valence-corrected chi connectivity index (χ3v) is 2.11. The van der Waals surface area contributed by atoms with Crippen molar-refractivity contribution >= 4 is 11.7 Å². The number of hydrogen-bond acceptors (Lipinski definition) is 3. The van der Waals surface area contributed by atoms with Crippen LogP contribution in [0.5, 0.6) is 0 Å². The molecular formula is C12H16N2O2. The maximum absolute atomic E-state index is 11.7. The van der Waals surface area contributed by atoms with Crippen LogP contribution >= 0.6 is 0 Å². The zero-order valence-corrected chi connectivity index (χ0v) is 9.78. The number of rotatable bonds is 4. The molecule has 0 spiro atoms. The Balaban J connectivity index is 2.62. The normalized spacial score (nSPS) is 11.9. The van der Waals surface area contributed by atoms with E-state index in [0.29, 0.717) is 12.0 Å². The summed E-state index contributed by atoms with van der Waals surface area (Å²) >= 11 is 0. The van der Waals surface area contributed by atoms with Crippen LogP contribution in [0.2, 0.25) is 0 Å². The minimum absolute atomic E-state index is 0.0650. The molecule has 0 fully saturated rings. The van der Waals surface area contributed by atoms with Gasteiger partial charge in [-0.15, -0.1) is 0 Å². The number of nitrogens with zero attached hydrogens (tertiary/aromatic N) is 1. The summed E-state index contributed by atoms with van der Waals surface area (Å²) < 4.78 is 0. The van der Waals surface area contributed by atoms with Gasteiger partial charge in [0.05, 0.1) is 5.56 Å². The Morgan fingerprint density at radius 3 is 2.69 bits per heavy atom. The molecule has 86 valence electrons. The summed E-state index contributed by atoms with van der Waals surface area (Å²) in [5.74, 6) is -0.125. The summed E-state index contributed by atoms with van der Waals surface area (Å²) in [6.07, 6.45) is 3.56. The third kappa shape index (κ3) is 3.81. The van der Waals surface area contributed by atoms with Crippen LogP contribution in [-0.2, 0) is 4.79 Å². The molecule has 0 aromatic carbocycles. The van der Waals surface area contributed by atoms with Crippen molar-refractivity contribution in [1.29, 1.82) is 0 Å². The smallest absolute Gasteiger partial charge is 0.253 e. The van der Waals surface area contributed by atoms with Crippen LogP contribution < -0.4 is 5.32 Å². The average Bonchev–Trinajstić information content (AvgIpc) is 2.16. The lowest BCUT2D eigenvalue weighted by molar-refractivity contribution is -0.117. The summed E-state index contributed by atoms with van der Waals surface area (Å²) in [5, 5.41) is 2.75. The summed E-state index contributed by atoms with van der Waals surface area (Å²) in [4.78, 5) is 26.5. The van der Waals surface area contributed by atoms with Crippen molar-refractivity contribution in [3.8, 4) is 0 Å². The third-order valence-electron chi connectivity index (χ3n) is 2.11. The van der Waals surface area contributed by atoms with E-state index in [4.69, 9.17) is 0 Å². The van der Waals surface area contributed by atoms with Gasteiger partial charge in [0.25, 0.3) is 5.91 Å². The molecule has 0 aliphatic carbocycles. The van der Waals surface area contributed by atoms with Crippen LogP contribution in [0.15, 0.2) is 18.5 Å². The van der Waals surface area contributed by atoms with Gasteiger partial charge in [-0.2, -0.15) is 0 Å². The molecule has 1 rings (SSSR count). The van der Waals surface area contributed by atoms with Crippen LogP contribution in [0.3, 0.4) is 0 Å². The molecule has 1 N–H and O–H groups in total. The van der Waals surface area contributed by atoms with Crippen molar-refractivity contribution in [2.75, 3.05) is 0 Å². The summed E-state index contributed by atoms with van der Waals surface area (Å²) in [6.45, 7) is 5.20. The Kier molecular flexibility index (Phi) is 4.17. The number of carbonyl (C=O) groups excluding carboxylic acids is 2. The molecule has 1 aromatic rings. The van der Waals surface area contributed by atoms with Gasteiger partial charge >= 0.3 is 0 Å². The van der Waals surface area contributed by atoms with Gasteiger partial charge in [0, 0.05) is 24.9 Å². The van der Waals surface area contributed by atoms with Gasteiger partial charge in [0.2, 0.25) is 0 Å². The highest BCUT2D eigenvalue weighted by atomic mass is 16.2. The molecule has 1 aromatic heterocycles. The lowest BCUT2D eigenvalue weighted by Gasteiger charge is -2.12. The molecule has 1 amide bonds. The first kappa shape index (κ1) is 12.4. The number of ketones is 1. The fourth-order valence-electron chi connectivity index (χ4n) is 1.47. The Labute approximate surface area is 95.1 Å². The van der Waals surface area contributed by atoms with E-state index in [9.17, 15) is 9.59 Å². The van der Waals surface area contributed by atoms with Crippen molar-refractivity contribution in [2.24, 2.45) is 0 Å². The van der Waals surface area contributed by atoms with E-state index in [0.717, 1.165) is 5.56 Å². The first-order valence-corrected chi connectivity index (χ1v) is 5.21. The Hall–Kier alpha value is -1.71. The highest BCUT2D eigenvalue weighted by Gasteiger charge is 2.11. The largest absolute Gasteiger partial charge is 0.349 e. The number of amides is 1. The van der Waals surface area contributed by atoms with Gasteiger partial charge in [-0.25, -0.2) is 0 Å². The number of aryl methyl sites for hydroxylation is 1. The van der Waals surface area contributed by atoms with E-state index in [1.54, 1.807) is 12.3 Å². The second-order valence-corrected chi connectivity index (χ2v) is 4.03. The van der Waals surface area contributed by atoms with E-state index in [1.807, 2.05) is 13.8 Å². The molecule has 1 heterocycles. The number of nitrogens with one attached hydrogen (secondary N) is 1. The SMILES string of the molecule is CC(=O)CC(C)NC(=O)c1cncc(C)c1. The topological polar surface area (TPSA) is 59.1 Å². The Bertz CT molecular complexity index is 402. The average molecular weight is 220 g/mol. The van der Waals surface area contributed by atoms with Crippen LogP contribution in [0, 0.1) is 6.92 Å². The molecular weight excluding hydrogens is 204 g/mol. The molecule has 1 unspecified atom stereocenters. The standard InChI is InChI=1S/C12H16N2O2/c1-8-4-11(7-13-6-8)12(16)14-9(2)5-10(3)15/h4,6-7,9H,5H2,1-3H3,(H,14,16). The minimum Gasteiger partial charge on any atom is -0.349 e. The highest BCUT2D eigenvalue weighted by Crippen LogP contribution is 2.02. The molecule has 0 saturated carbocycles. The van der Waals surface area contributed by atoms with Gasteiger partial charge in [0.1, 0.15) is 5.78 Å². The maximum Gasteiger partial charge on any atom is 0.253 e. The van der Waals surface area contributed by atoms with Gasteiger partial charge in [-0.1, -0.05) is 0 Å². The van der Waals surface area contributed by atoms with E-state index in [2.05, 4.69) is 10.3 Å². The van der Waals surface area contributed by atoms with Crippen molar-refractivity contribution < 1.29 is 9.59 Å². The first-order valence-electron chi connectivity index (χ1n) is 5.21. The molecule has 0 bridgehead atoms. The second kappa shape index (κ2) is 5.39. The summed E-state index contributed by atoms with van der Waals surface area (Å²) in [7, 11) is 0. The van der Waals surface area contributed by atoms with Crippen molar-refractivity contribution in [3.63, 3.8) is 0 Å². The van der Waals surface area contributed by atoms with Crippen molar-refractivity contribution in [1.82, 2.24) is 10.3 Å². The fraction of sp³-hybridized carbons (Fsp3) is 0.417. The highest BCUT2D eigenvalue weighted by molar-refractivity contribution is 5.94. The first-order chi connectivity index (χ1) is 7.49. The molecule has 4 heteroatoms. The number of aromatic nitrogens is 1. The van der Waals surface area contributed by atoms with Gasteiger partial charge in [-0.05, 0) is 32.4 Å². The molecule has 0 aliphatic rings. The predicted octanol–water partition coefficient (Wildman–Crippen LogP) is 1.49. The van der Waals surface area contributed by atoms with Crippen LogP contribution in [0.25, 0.3) is 0 Å². The maximum atomic E-state index is 11.7. The van der Waals surface area contributed by atoms with Crippen LogP contribution in [0.4, 0.5) is 0 Å². The van der Waals surface area contributed by atoms with E-state index < -0.39 is 0 Å². The van der Waals surface area contributed by atoms with Crippen molar-refractivity contribution in [2.45, 2.75) is 33.2 Å². The van der Waals surface area contributed by atoms with Gasteiger partial charge in [-0.3, -0.25) is 14.6 Å². The lowest BCUT2D eigenvalue weighted by Crippen LogP contribution is -2.33. The minimum atomic E-state index is -0.190. The quantitative estimate of drug-likeness (QED) is 0.836. The molecule has 1 atom stereocenters. The fourth-order valence-corrected chi connectivity index (χ4v) is 1.47. The van der Waals surface area contributed by atoms with Crippen LogP contribution in [-0.4, -0.2) is 22.7 Å². The van der Waals surface area contributed by atoms with E-state index in [1.165, 1.54) is 13.1 Å². The molecule has 0 saturated heterocycles. The monoisotopic (exact) mass is 220 g/mol. The van der Waals surface area contributed by atoms with Gasteiger partial charge < -0.3 is 5.32 Å². The summed E-state index contributed by atoms with van der Waals surface area (Å²) in [5.41, 5.74) is 1.46. The van der Waals surface area contributed by atoms with Gasteiger partial charge in [0.15, 0.2) is 0 Å². The molecule has 0 radical (unpaired) electrons. The Morgan fingerprint density at radius 2 is 2.12 bits per heavy atom. The number of carbonyl (C=O) groups is 2. The summed E-state index contributed by atoms with van der Waals surface area (Å²) in [6, 6.07) is 1.62. The second-order valence-electron chi connectivity index (χ2n) is 4.03. The van der Waals surface area contributed by atoms with Crippen LogP contribution in [0.1, 0.15) is 36.2 Å². The van der Waals surface area contributed by atoms with Crippen molar-refractivity contribution in [3.05, 3.63) is 29.6 Å².